The Labute approximate surface area is 75.6 Å². The highest BCUT2D eigenvalue weighted by Crippen LogP contribution is 2.34. The zero-order chi connectivity index (χ0) is 8.55. The maximum Gasteiger partial charge on any atom is 0.174 e. The third-order valence-corrected chi connectivity index (χ3v) is 3.14. The van der Waals surface area contributed by atoms with Gasteiger partial charge in [0.15, 0.2) is 5.78 Å². The zero-order valence-electron chi connectivity index (χ0n) is 7.04. The first-order chi connectivity index (χ1) is 5.77. The molecule has 0 radical (unpaired) electrons. The molecule has 1 aromatic rings. The Kier molecular flexibility index (Phi) is 1.97. The first kappa shape index (κ1) is 7.92. The maximum atomic E-state index is 11.5. The van der Waals surface area contributed by atoms with Crippen LogP contribution in [0.5, 0.6) is 0 Å². The topological polar surface area (TPSA) is 30.0 Å². The predicted octanol–water partition coefficient (Wildman–Crippen LogP) is 2.43. The van der Waals surface area contributed by atoms with Crippen LogP contribution in [0.3, 0.4) is 0 Å². The zero-order valence-corrected chi connectivity index (χ0v) is 7.86. The van der Waals surface area contributed by atoms with E-state index in [0.29, 0.717) is 5.92 Å². The van der Waals surface area contributed by atoms with Crippen molar-refractivity contribution >= 4 is 17.1 Å². The molecule has 0 atom stereocenters. The quantitative estimate of drug-likeness (QED) is 0.670. The van der Waals surface area contributed by atoms with Crippen molar-refractivity contribution in [3.63, 3.8) is 0 Å². The molecule has 0 saturated heterocycles. The second kappa shape index (κ2) is 2.98. The van der Waals surface area contributed by atoms with Crippen molar-refractivity contribution in [2.45, 2.75) is 26.2 Å². The normalized spacial score (nSPS) is 16.4. The van der Waals surface area contributed by atoms with Crippen LogP contribution >= 0.6 is 11.3 Å². The molecule has 0 amide bonds. The van der Waals surface area contributed by atoms with Gasteiger partial charge in [0.1, 0.15) is 0 Å². The molecule has 0 spiro atoms. The number of thiazole rings is 1. The Hall–Kier alpha value is -0.700. The monoisotopic (exact) mass is 181 g/mol. The number of hydrogen-bond donors (Lipinski definition) is 0. The van der Waals surface area contributed by atoms with Crippen molar-refractivity contribution < 1.29 is 4.79 Å². The molecule has 1 aliphatic carbocycles. The molecule has 1 aromatic heterocycles. The molecule has 64 valence electrons. The summed E-state index contributed by atoms with van der Waals surface area (Å²) in [5, 5.41) is 0. The van der Waals surface area contributed by atoms with E-state index in [4.69, 9.17) is 0 Å². The molecule has 0 N–H and O–H groups in total. The summed E-state index contributed by atoms with van der Waals surface area (Å²) in [7, 11) is 0. The standard InChI is InChI=1S/C9H11NOS/c1-6-9(12-5-10-6)8(11)4-7-2-3-7/h5,7H,2-4H2,1H3. The van der Waals surface area contributed by atoms with Gasteiger partial charge in [-0.2, -0.15) is 0 Å². The molecule has 12 heavy (non-hydrogen) atoms. The molecule has 2 nitrogen and oxygen atoms in total. The van der Waals surface area contributed by atoms with Crippen LogP contribution in [0.15, 0.2) is 5.51 Å². The number of carbonyl (C=O) groups is 1. The number of ketones is 1. The van der Waals surface area contributed by atoms with Gasteiger partial charge in [-0.3, -0.25) is 4.79 Å². The van der Waals surface area contributed by atoms with Crippen LogP contribution in [0.4, 0.5) is 0 Å². The van der Waals surface area contributed by atoms with Crippen molar-refractivity contribution in [3.8, 4) is 0 Å². The van der Waals surface area contributed by atoms with Crippen LogP contribution < -0.4 is 0 Å². The Morgan fingerprint density at radius 1 is 1.75 bits per heavy atom. The molecule has 2 rings (SSSR count). The van der Waals surface area contributed by atoms with Gasteiger partial charge in [0.2, 0.25) is 0 Å². The fourth-order valence-corrected chi connectivity index (χ4v) is 2.00. The van der Waals surface area contributed by atoms with E-state index in [0.717, 1.165) is 17.0 Å². The van der Waals surface area contributed by atoms with Gasteiger partial charge in [-0.25, -0.2) is 4.98 Å². The van der Waals surface area contributed by atoms with Gasteiger partial charge in [-0.1, -0.05) is 0 Å². The van der Waals surface area contributed by atoms with Crippen LogP contribution in [0.2, 0.25) is 0 Å². The smallest absolute Gasteiger partial charge is 0.174 e. The minimum atomic E-state index is 0.289. The minimum absolute atomic E-state index is 0.289. The first-order valence-electron chi connectivity index (χ1n) is 4.20. The summed E-state index contributed by atoms with van der Waals surface area (Å²) >= 11 is 1.47. The van der Waals surface area contributed by atoms with Gasteiger partial charge < -0.3 is 0 Å². The van der Waals surface area contributed by atoms with Crippen molar-refractivity contribution in [2.24, 2.45) is 5.92 Å². The lowest BCUT2D eigenvalue weighted by Crippen LogP contribution is -1.99. The highest BCUT2D eigenvalue weighted by Gasteiger charge is 2.26. The number of hydrogen-bond acceptors (Lipinski definition) is 3. The van der Waals surface area contributed by atoms with E-state index in [2.05, 4.69) is 4.98 Å². The molecule has 1 aliphatic rings. The van der Waals surface area contributed by atoms with E-state index in [-0.39, 0.29) is 5.78 Å². The molecule has 0 aliphatic heterocycles. The summed E-state index contributed by atoms with van der Waals surface area (Å²) in [5.74, 6) is 0.969. The number of nitrogens with zero attached hydrogens (tertiary/aromatic N) is 1. The van der Waals surface area contributed by atoms with Gasteiger partial charge in [-0.15, -0.1) is 11.3 Å². The Morgan fingerprint density at radius 3 is 3.00 bits per heavy atom. The summed E-state index contributed by atoms with van der Waals surface area (Å²) in [4.78, 5) is 16.5. The fraction of sp³-hybridized carbons (Fsp3) is 0.556. The van der Waals surface area contributed by atoms with Crippen LogP contribution in [0.1, 0.15) is 34.6 Å². The lowest BCUT2D eigenvalue weighted by Gasteiger charge is -1.95. The van der Waals surface area contributed by atoms with Gasteiger partial charge in [0, 0.05) is 6.42 Å². The van der Waals surface area contributed by atoms with Crippen LogP contribution in [-0.4, -0.2) is 10.8 Å². The summed E-state index contributed by atoms with van der Waals surface area (Å²) < 4.78 is 0. The molecule has 3 heteroatoms. The highest BCUT2D eigenvalue weighted by atomic mass is 32.1. The van der Waals surface area contributed by atoms with E-state index in [9.17, 15) is 4.79 Å². The third-order valence-electron chi connectivity index (χ3n) is 2.17. The Bertz CT molecular complexity index is 301. The van der Waals surface area contributed by atoms with E-state index in [1.54, 1.807) is 5.51 Å². The van der Waals surface area contributed by atoms with E-state index < -0.39 is 0 Å². The average Bonchev–Trinajstić information content (AvgIpc) is 2.72. The summed E-state index contributed by atoms with van der Waals surface area (Å²) in [6.45, 7) is 1.90. The summed E-state index contributed by atoms with van der Waals surface area (Å²) in [6, 6.07) is 0. The third kappa shape index (κ3) is 1.55. The Morgan fingerprint density at radius 2 is 2.50 bits per heavy atom. The lowest BCUT2D eigenvalue weighted by atomic mass is 10.1. The van der Waals surface area contributed by atoms with Gasteiger partial charge >= 0.3 is 0 Å². The number of aryl methyl sites for hydroxylation is 1. The van der Waals surface area contributed by atoms with E-state index >= 15 is 0 Å². The predicted molar refractivity (Wildman–Crippen MR) is 48.5 cm³/mol. The SMILES string of the molecule is Cc1ncsc1C(=O)CC1CC1. The average molecular weight is 181 g/mol. The lowest BCUT2D eigenvalue weighted by molar-refractivity contribution is 0.0979. The van der Waals surface area contributed by atoms with E-state index in [1.807, 2.05) is 6.92 Å². The van der Waals surface area contributed by atoms with Crippen molar-refractivity contribution in [3.05, 3.63) is 16.1 Å². The summed E-state index contributed by atoms with van der Waals surface area (Å²) in [6.07, 6.45) is 3.22. The molecule has 1 fully saturated rings. The molecular weight excluding hydrogens is 170 g/mol. The maximum absolute atomic E-state index is 11.5. The van der Waals surface area contributed by atoms with Crippen molar-refractivity contribution in [1.29, 1.82) is 0 Å². The number of aromatic nitrogens is 1. The molecule has 0 unspecified atom stereocenters. The number of Topliss-reactive ketones (excluding diaryl/α,β-unsaturated/α-hetero) is 1. The van der Waals surface area contributed by atoms with Gasteiger partial charge in [0.05, 0.1) is 16.1 Å². The van der Waals surface area contributed by atoms with Crippen molar-refractivity contribution in [2.75, 3.05) is 0 Å². The molecule has 0 bridgehead atoms. The molecular formula is C9H11NOS. The second-order valence-electron chi connectivity index (χ2n) is 3.34. The summed E-state index contributed by atoms with van der Waals surface area (Å²) in [5.41, 5.74) is 2.64. The largest absolute Gasteiger partial charge is 0.293 e. The minimum Gasteiger partial charge on any atom is -0.293 e. The van der Waals surface area contributed by atoms with Crippen LogP contribution in [0, 0.1) is 12.8 Å². The Balaban J connectivity index is 2.07. The molecule has 1 saturated carbocycles. The number of rotatable bonds is 3. The first-order valence-corrected chi connectivity index (χ1v) is 5.08. The van der Waals surface area contributed by atoms with Crippen LogP contribution in [0.25, 0.3) is 0 Å². The van der Waals surface area contributed by atoms with Crippen LogP contribution in [-0.2, 0) is 0 Å². The number of carbonyl (C=O) groups excluding carboxylic acids is 1. The molecule has 1 heterocycles. The molecule has 0 aromatic carbocycles. The fourth-order valence-electron chi connectivity index (χ4n) is 1.25. The van der Waals surface area contributed by atoms with Gasteiger partial charge in [0.25, 0.3) is 0 Å². The van der Waals surface area contributed by atoms with E-state index in [1.165, 1.54) is 24.2 Å². The highest BCUT2D eigenvalue weighted by molar-refractivity contribution is 7.11. The van der Waals surface area contributed by atoms with Crippen molar-refractivity contribution in [1.82, 2.24) is 4.98 Å². The second-order valence-corrected chi connectivity index (χ2v) is 4.19. The van der Waals surface area contributed by atoms with Gasteiger partial charge in [-0.05, 0) is 25.7 Å².